The lowest BCUT2D eigenvalue weighted by atomic mass is 9.99. The van der Waals surface area contributed by atoms with Crippen LogP contribution in [0.1, 0.15) is 28.4 Å². The molecule has 1 aliphatic heterocycles. The van der Waals surface area contributed by atoms with Crippen LogP contribution < -0.4 is 0 Å². The van der Waals surface area contributed by atoms with Crippen molar-refractivity contribution in [3.63, 3.8) is 0 Å². The van der Waals surface area contributed by atoms with E-state index in [4.69, 9.17) is 4.74 Å². The summed E-state index contributed by atoms with van der Waals surface area (Å²) in [5.41, 5.74) is -2.03. The summed E-state index contributed by atoms with van der Waals surface area (Å²) in [5.74, 6) is -1.05. The Morgan fingerprint density at radius 2 is 1.71 bits per heavy atom. The summed E-state index contributed by atoms with van der Waals surface area (Å²) in [7, 11) is 0. The Balaban J connectivity index is 1.59. The standard InChI is InChI=1S/C20H18F3NO3S/c1-13(18(25)24-11-10-14-4-2-3-5-16(14)12-24)27-19(26)15-6-8-17(9-7-15)28-20(21,22)23/h2-9,13H,10-12H2,1H3/t13-/m0/s1. The molecule has 1 amide bonds. The molecule has 148 valence electrons. The van der Waals surface area contributed by atoms with Crippen molar-refractivity contribution in [2.75, 3.05) is 6.54 Å². The Morgan fingerprint density at radius 3 is 2.36 bits per heavy atom. The smallest absolute Gasteiger partial charge is 0.446 e. The van der Waals surface area contributed by atoms with Crippen LogP contribution in [0, 0.1) is 0 Å². The van der Waals surface area contributed by atoms with Crippen molar-refractivity contribution < 1.29 is 27.5 Å². The number of carbonyl (C=O) groups excluding carboxylic acids is 2. The maximum absolute atomic E-state index is 12.6. The summed E-state index contributed by atoms with van der Waals surface area (Å²) in [5, 5.41) is 0. The Morgan fingerprint density at radius 1 is 1.07 bits per heavy atom. The maximum atomic E-state index is 12.6. The van der Waals surface area contributed by atoms with E-state index in [0.717, 1.165) is 12.0 Å². The minimum absolute atomic E-state index is 0.0276. The van der Waals surface area contributed by atoms with E-state index in [1.165, 1.54) is 36.8 Å². The van der Waals surface area contributed by atoms with Crippen molar-refractivity contribution in [1.82, 2.24) is 4.90 Å². The third-order valence-corrected chi connectivity index (χ3v) is 5.14. The highest BCUT2D eigenvalue weighted by atomic mass is 32.2. The van der Waals surface area contributed by atoms with Gasteiger partial charge >= 0.3 is 11.5 Å². The number of benzene rings is 2. The highest BCUT2D eigenvalue weighted by Crippen LogP contribution is 2.36. The molecule has 2 aromatic rings. The summed E-state index contributed by atoms with van der Waals surface area (Å²) in [6.07, 6.45) is -0.247. The van der Waals surface area contributed by atoms with Gasteiger partial charge in [0, 0.05) is 18.0 Å². The SMILES string of the molecule is C[C@H](OC(=O)c1ccc(SC(F)(F)F)cc1)C(=O)N1CCc2ccccc2C1. The Hall–Kier alpha value is -2.48. The van der Waals surface area contributed by atoms with Crippen LogP contribution in [0.15, 0.2) is 53.4 Å². The van der Waals surface area contributed by atoms with E-state index in [9.17, 15) is 22.8 Å². The second-order valence-corrected chi connectivity index (χ2v) is 7.54. The topological polar surface area (TPSA) is 46.6 Å². The predicted molar refractivity (Wildman–Crippen MR) is 98.8 cm³/mol. The highest BCUT2D eigenvalue weighted by Gasteiger charge is 2.30. The maximum Gasteiger partial charge on any atom is 0.446 e. The van der Waals surface area contributed by atoms with Gasteiger partial charge in [-0.15, -0.1) is 0 Å². The van der Waals surface area contributed by atoms with Gasteiger partial charge in [-0.25, -0.2) is 4.79 Å². The van der Waals surface area contributed by atoms with Crippen LogP contribution >= 0.6 is 11.8 Å². The second-order valence-electron chi connectivity index (χ2n) is 6.40. The number of esters is 1. The molecule has 0 fully saturated rings. The van der Waals surface area contributed by atoms with Crippen LogP contribution in [0.25, 0.3) is 0 Å². The van der Waals surface area contributed by atoms with E-state index in [1.807, 2.05) is 24.3 Å². The largest absolute Gasteiger partial charge is 0.449 e. The molecule has 8 heteroatoms. The van der Waals surface area contributed by atoms with E-state index in [-0.39, 0.29) is 28.1 Å². The van der Waals surface area contributed by atoms with Gasteiger partial charge in [-0.2, -0.15) is 13.2 Å². The fraction of sp³-hybridized carbons (Fsp3) is 0.300. The molecule has 1 aliphatic rings. The van der Waals surface area contributed by atoms with E-state index >= 15 is 0 Å². The third kappa shape index (κ3) is 5.07. The fourth-order valence-corrected chi connectivity index (χ4v) is 3.55. The number of carbonyl (C=O) groups is 2. The van der Waals surface area contributed by atoms with Gasteiger partial charge in [-0.05, 0) is 60.5 Å². The van der Waals surface area contributed by atoms with Crippen molar-refractivity contribution in [2.24, 2.45) is 0 Å². The van der Waals surface area contributed by atoms with Gasteiger partial charge in [-0.3, -0.25) is 4.79 Å². The third-order valence-electron chi connectivity index (χ3n) is 4.40. The molecule has 0 aromatic heterocycles. The number of rotatable bonds is 4. The van der Waals surface area contributed by atoms with Crippen LogP contribution in [0.2, 0.25) is 0 Å². The number of thioether (sulfide) groups is 1. The minimum atomic E-state index is -4.39. The molecule has 0 aliphatic carbocycles. The molecular formula is C20H18F3NO3S. The number of alkyl halides is 3. The van der Waals surface area contributed by atoms with E-state index < -0.39 is 17.6 Å². The molecule has 3 rings (SSSR count). The zero-order valence-corrected chi connectivity index (χ0v) is 15.8. The molecule has 1 atom stereocenters. The van der Waals surface area contributed by atoms with Crippen molar-refractivity contribution in [2.45, 2.75) is 36.4 Å². The Bertz CT molecular complexity index is 868. The van der Waals surface area contributed by atoms with Crippen molar-refractivity contribution >= 4 is 23.6 Å². The van der Waals surface area contributed by atoms with E-state index in [1.54, 1.807) is 4.90 Å². The zero-order chi connectivity index (χ0) is 20.3. The molecule has 0 N–H and O–H groups in total. The number of halogens is 3. The van der Waals surface area contributed by atoms with Crippen LogP contribution in [0.5, 0.6) is 0 Å². The molecule has 4 nitrogen and oxygen atoms in total. The molecule has 1 heterocycles. The van der Waals surface area contributed by atoms with Crippen molar-refractivity contribution in [3.05, 3.63) is 65.2 Å². The lowest BCUT2D eigenvalue weighted by Crippen LogP contribution is -2.42. The first-order valence-electron chi connectivity index (χ1n) is 8.65. The molecule has 0 spiro atoms. The number of amides is 1. The number of fused-ring (bicyclic) bond motifs is 1. The summed E-state index contributed by atoms with van der Waals surface area (Å²) >= 11 is -0.260. The van der Waals surface area contributed by atoms with E-state index in [0.29, 0.717) is 13.1 Å². The molecule has 0 radical (unpaired) electrons. The monoisotopic (exact) mass is 409 g/mol. The highest BCUT2D eigenvalue weighted by molar-refractivity contribution is 8.00. The Kier molecular flexibility index (Phi) is 5.98. The molecule has 28 heavy (non-hydrogen) atoms. The average Bonchev–Trinajstić information content (AvgIpc) is 2.66. The first-order valence-corrected chi connectivity index (χ1v) is 9.47. The number of nitrogens with zero attached hydrogens (tertiary/aromatic N) is 1. The van der Waals surface area contributed by atoms with Gasteiger partial charge in [0.1, 0.15) is 0 Å². The van der Waals surface area contributed by atoms with Gasteiger partial charge in [0.15, 0.2) is 6.10 Å². The summed E-state index contributed by atoms with van der Waals surface area (Å²) in [6.45, 7) is 2.50. The molecule has 0 unspecified atom stereocenters. The molecule has 0 bridgehead atoms. The number of hydrogen-bond donors (Lipinski definition) is 0. The molecule has 0 saturated heterocycles. The van der Waals surface area contributed by atoms with Gasteiger partial charge in [0.25, 0.3) is 5.91 Å². The lowest BCUT2D eigenvalue weighted by molar-refractivity contribution is -0.140. The summed E-state index contributed by atoms with van der Waals surface area (Å²) < 4.78 is 42.3. The number of hydrogen-bond acceptors (Lipinski definition) is 4. The van der Waals surface area contributed by atoms with Crippen molar-refractivity contribution in [3.8, 4) is 0 Å². The second kappa shape index (κ2) is 8.26. The minimum Gasteiger partial charge on any atom is -0.449 e. The van der Waals surface area contributed by atoms with Crippen LogP contribution in [0.3, 0.4) is 0 Å². The summed E-state index contributed by atoms with van der Waals surface area (Å²) in [4.78, 5) is 26.4. The molecular weight excluding hydrogens is 391 g/mol. The van der Waals surface area contributed by atoms with Crippen LogP contribution in [-0.4, -0.2) is 34.9 Å². The summed E-state index contributed by atoms with van der Waals surface area (Å²) in [6, 6.07) is 12.8. The average molecular weight is 409 g/mol. The normalized spacial score (nSPS) is 14.9. The van der Waals surface area contributed by atoms with Gasteiger partial charge in [0.2, 0.25) is 0 Å². The predicted octanol–water partition coefficient (Wildman–Crippen LogP) is 4.43. The van der Waals surface area contributed by atoms with Gasteiger partial charge < -0.3 is 9.64 Å². The zero-order valence-electron chi connectivity index (χ0n) is 15.0. The van der Waals surface area contributed by atoms with Crippen LogP contribution in [0.4, 0.5) is 13.2 Å². The van der Waals surface area contributed by atoms with E-state index in [2.05, 4.69) is 0 Å². The molecule has 2 aromatic carbocycles. The number of ether oxygens (including phenoxy) is 1. The fourth-order valence-electron chi connectivity index (χ4n) is 3.01. The first kappa shape index (κ1) is 20.3. The van der Waals surface area contributed by atoms with Crippen LogP contribution in [-0.2, 0) is 22.5 Å². The lowest BCUT2D eigenvalue weighted by Gasteiger charge is -2.30. The molecule has 0 saturated carbocycles. The Labute approximate surface area is 164 Å². The van der Waals surface area contributed by atoms with Gasteiger partial charge in [0.05, 0.1) is 5.56 Å². The van der Waals surface area contributed by atoms with Crippen molar-refractivity contribution in [1.29, 1.82) is 0 Å². The quantitative estimate of drug-likeness (QED) is 0.554. The first-order chi connectivity index (χ1) is 13.2. The van der Waals surface area contributed by atoms with Gasteiger partial charge in [-0.1, -0.05) is 24.3 Å².